The number of carbonyl (C=O) groups excluding carboxylic acids is 1. The van der Waals surface area contributed by atoms with Gasteiger partial charge >= 0.3 is 5.97 Å². The Kier molecular flexibility index (Phi) is 13.2. The first-order chi connectivity index (χ1) is 7.43. The van der Waals surface area contributed by atoms with E-state index in [9.17, 15) is 9.59 Å². The standard InChI is InChI=1S/C6H14O2.C5H8O3/c1-4-7-6(3)8-5-2;1-4(6)2-3-5(7)8/h6H,4-5H2,1-3H3;2-3H2,1H3,(H,7,8). The van der Waals surface area contributed by atoms with Crippen LogP contribution in [0.2, 0.25) is 0 Å². The normalized spacial score (nSPS) is 9.56. The summed E-state index contributed by atoms with van der Waals surface area (Å²) < 4.78 is 10.1. The molecule has 0 rings (SSSR count). The zero-order valence-corrected chi connectivity index (χ0v) is 10.5. The van der Waals surface area contributed by atoms with Gasteiger partial charge in [0.15, 0.2) is 6.29 Å². The number of hydrogen-bond acceptors (Lipinski definition) is 4. The van der Waals surface area contributed by atoms with Crippen LogP contribution in [0, 0.1) is 0 Å². The molecule has 0 spiro atoms. The van der Waals surface area contributed by atoms with Gasteiger partial charge in [0, 0.05) is 19.6 Å². The predicted molar refractivity (Wildman–Crippen MR) is 60.3 cm³/mol. The molecule has 0 aromatic carbocycles. The van der Waals surface area contributed by atoms with Crippen molar-refractivity contribution in [2.45, 2.75) is 46.8 Å². The van der Waals surface area contributed by atoms with Crippen LogP contribution in [0.5, 0.6) is 0 Å². The lowest BCUT2D eigenvalue weighted by atomic mass is 10.2. The van der Waals surface area contributed by atoms with E-state index in [0.717, 1.165) is 13.2 Å². The Balaban J connectivity index is 0. The van der Waals surface area contributed by atoms with E-state index >= 15 is 0 Å². The molecule has 5 heteroatoms. The van der Waals surface area contributed by atoms with Crippen molar-refractivity contribution in [2.24, 2.45) is 0 Å². The molecule has 5 nitrogen and oxygen atoms in total. The first kappa shape index (κ1) is 17.5. The Morgan fingerprint density at radius 2 is 1.56 bits per heavy atom. The van der Waals surface area contributed by atoms with Gasteiger partial charge in [-0.25, -0.2) is 0 Å². The van der Waals surface area contributed by atoms with Crippen molar-refractivity contribution >= 4 is 11.8 Å². The van der Waals surface area contributed by atoms with E-state index in [1.54, 1.807) is 0 Å². The van der Waals surface area contributed by atoms with Gasteiger partial charge in [0.25, 0.3) is 0 Å². The average Bonchev–Trinajstić information content (AvgIpc) is 2.16. The second-order valence-corrected chi connectivity index (χ2v) is 3.07. The molecule has 0 heterocycles. The quantitative estimate of drug-likeness (QED) is 0.680. The van der Waals surface area contributed by atoms with Gasteiger partial charge in [-0.2, -0.15) is 0 Å². The predicted octanol–water partition coefficient (Wildman–Crippen LogP) is 1.85. The Morgan fingerprint density at radius 1 is 1.12 bits per heavy atom. The third-order valence-corrected chi connectivity index (χ3v) is 1.49. The summed E-state index contributed by atoms with van der Waals surface area (Å²) in [6.45, 7) is 8.63. The maximum absolute atomic E-state index is 10.1. The van der Waals surface area contributed by atoms with Crippen LogP contribution in [0.3, 0.4) is 0 Å². The zero-order chi connectivity index (χ0) is 13.0. The van der Waals surface area contributed by atoms with Crippen LogP contribution in [0.1, 0.15) is 40.5 Å². The maximum Gasteiger partial charge on any atom is 0.303 e. The lowest BCUT2D eigenvalue weighted by molar-refractivity contribution is -0.138. The average molecular weight is 234 g/mol. The van der Waals surface area contributed by atoms with Gasteiger partial charge in [0.1, 0.15) is 5.78 Å². The fourth-order valence-electron chi connectivity index (χ4n) is 0.800. The minimum atomic E-state index is -0.916. The molecule has 0 aliphatic heterocycles. The van der Waals surface area contributed by atoms with Crippen LogP contribution in [-0.2, 0) is 19.1 Å². The summed E-state index contributed by atoms with van der Waals surface area (Å²) in [7, 11) is 0. The van der Waals surface area contributed by atoms with Gasteiger partial charge < -0.3 is 19.4 Å². The van der Waals surface area contributed by atoms with E-state index in [-0.39, 0.29) is 24.9 Å². The molecular formula is C11H22O5. The molecule has 0 saturated carbocycles. The fourth-order valence-corrected chi connectivity index (χ4v) is 0.800. The Morgan fingerprint density at radius 3 is 1.75 bits per heavy atom. The molecule has 0 radical (unpaired) electrons. The molecular weight excluding hydrogens is 212 g/mol. The first-order valence-corrected chi connectivity index (χ1v) is 5.38. The van der Waals surface area contributed by atoms with Crippen LogP contribution in [0.25, 0.3) is 0 Å². The molecule has 0 unspecified atom stereocenters. The summed E-state index contributed by atoms with van der Waals surface area (Å²) in [5.41, 5.74) is 0. The second kappa shape index (κ2) is 12.1. The molecule has 0 aromatic heterocycles. The molecule has 0 amide bonds. The number of Topliss-reactive ketones (excluding diaryl/α,β-unsaturated/α-hetero) is 1. The van der Waals surface area contributed by atoms with E-state index in [2.05, 4.69) is 0 Å². The van der Waals surface area contributed by atoms with E-state index in [4.69, 9.17) is 14.6 Å². The Labute approximate surface area is 96.7 Å². The fraction of sp³-hybridized carbons (Fsp3) is 0.818. The van der Waals surface area contributed by atoms with Crippen molar-refractivity contribution in [3.63, 3.8) is 0 Å². The molecule has 96 valence electrons. The molecule has 0 aliphatic rings. The third kappa shape index (κ3) is 18.8. The third-order valence-electron chi connectivity index (χ3n) is 1.49. The van der Waals surface area contributed by atoms with Gasteiger partial charge in [-0.1, -0.05) is 0 Å². The van der Waals surface area contributed by atoms with Crippen molar-refractivity contribution in [2.75, 3.05) is 13.2 Å². The summed E-state index contributed by atoms with van der Waals surface area (Å²) in [5, 5.41) is 8.01. The highest BCUT2D eigenvalue weighted by atomic mass is 16.7. The van der Waals surface area contributed by atoms with E-state index in [0.29, 0.717) is 0 Å². The largest absolute Gasteiger partial charge is 0.481 e. The lowest BCUT2D eigenvalue weighted by Gasteiger charge is -2.09. The Hall–Kier alpha value is -0.940. The van der Waals surface area contributed by atoms with Crippen LogP contribution in [-0.4, -0.2) is 36.4 Å². The summed E-state index contributed by atoms with van der Waals surface area (Å²) in [6, 6.07) is 0. The number of aliphatic carboxylic acids is 1. The number of rotatable bonds is 7. The molecule has 0 saturated heterocycles. The highest BCUT2D eigenvalue weighted by Crippen LogP contribution is 1.90. The lowest BCUT2D eigenvalue weighted by Crippen LogP contribution is -2.11. The van der Waals surface area contributed by atoms with Crippen LogP contribution in [0.15, 0.2) is 0 Å². The number of hydrogen-bond donors (Lipinski definition) is 1. The zero-order valence-electron chi connectivity index (χ0n) is 10.5. The van der Waals surface area contributed by atoms with Gasteiger partial charge in [-0.05, 0) is 27.7 Å². The number of carbonyl (C=O) groups is 2. The summed E-state index contributed by atoms with van der Waals surface area (Å²) in [4.78, 5) is 19.8. The van der Waals surface area contributed by atoms with Crippen molar-refractivity contribution in [3.8, 4) is 0 Å². The van der Waals surface area contributed by atoms with Crippen LogP contribution >= 0.6 is 0 Å². The van der Waals surface area contributed by atoms with Gasteiger partial charge in [0.05, 0.1) is 6.42 Å². The number of carboxylic acid groups (broad SMARTS) is 1. The molecule has 0 aliphatic carbocycles. The maximum atomic E-state index is 10.1. The van der Waals surface area contributed by atoms with Crippen molar-refractivity contribution in [1.82, 2.24) is 0 Å². The number of ether oxygens (including phenoxy) is 2. The van der Waals surface area contributed by atoms with Gasteiger partial charge in [0.2, 0.25) is 0 Å². The van der Waals surface area contributed by atoms with Gasteiger partial charge in [-0.15, -0.1) is 0 Å². The van der Waals surface area contributed by atoms with Gasteiger partial charge in [-0.3, -0.25) is 4.79 Å². The SMILES string of the molecule is CC(=O)CCC(=O)O.CCOC(C)OCC. The smallest absolute Gasteiger partial charge is 0.303 e. The van der Waals surface area contributed by atoms with E-state index in [1.807, 2.05) is 20.8 Å². The number of ketones is 1. The summed E-state index contributed by atoms with van der Waals surface area (Å²) in [6.07, 6.45) is 0.0648. The van der Waals surface area contributed by atoms with E-state index < -0.39 is 5.97 Å². The molecule has 0 fully saturated rings. The summed E-state index contributed by atoms with van der Waals surface area (Å²) in [5.74, 6) is -0.993. The minimum Gasteiger partial charge on any atom is -0.481 e. The molecule has 0 atom stereocenters. The summed E-state index contributed by atoms with van der Waals surface area (Å²) >= 11 is 0. The molecule has 0 aromatic rings. The van der Waals surface area contributed by atoms with Crippen LogP contribution in [0.4, 0.5) is 0 Å². The molecule has 1 N–H and O–H groups in total. The Bertz CT molecular complexity index is 171. The van der Waals surface area contributed by atoms with Crippen molar-refractivity contribution in [3.05, 3.63) is 0 Å². The molecule has 0 bridgehead atoms. The van der Waals surface area contributed by atoms with E-state index in [1.165, 1.54) is 6.92 Å². The van der Waals surface area contributed by atoms with Crippen molar-refractivity contribution in [1.29, 1.82) is 0 Å². The first-order valence-electron chi connectivity index (χ1n) is 5.38. The second-order valence-electron chi connectivity index (χ2n) is 3.07. The van der Waals surface area contributed by atoms with Crippen LogP contribution < -0.4 is 0 Å². The van der Waals surface area contributed by atoms with Crippen molar-refractivity contribution < 1.29 is 24.2 Å². The minimum absolute atomic E-state index is 0.0370. The number of carboxylic acids is 1. The molecule has 16 heavy (non-hydrogen) atoms. The highest BCUT2D eigenvalue weighted by molar-refractivity contribution is 5.80. The highest BCUT2D eigenvalue weighted by Gasteiger charge is 1.97. The monoisotopic (exact) mass is 234 g/mol. The topological polar surface area (TPSA) is 72.8 Å².